The van der Waals surface area contributed by atoms with Gasteiger partial charge >= 0.3 is 71.6 Å². The molecular formula is C30H22O18S2. The van der Waals surface area contributed by atoms with Gasteiger partial charge in [-0.2, -0.15) is 0 Å². The monoisotopic (exact) mass is 734 g/mol. The molecule has 0 aliphatic carbocycles. The van der Waals surface area contributed by atoms with Gasteiger partial charge in [0.25, 0.3) is 0 Å². The Morgan fingerprint density at radius 1 is 0.340 bits per heavy atom. The van der Waals surface area contributed by atoms with Crippen LogP contribution in [-0.4, -0.2) is 71.6 Å². The Labute approximate surface area is 287 Å². The van der Waals surface area contributed by atoms with Crippen molar-refractivity contribution in [2.75, 3.05) is 0 Å². The normalized spacial score (nSPS) is 10.1. The summed E-state index contributed by atoms with van der Waals surface area (Å²) in [6, 6.07) is 3.73. The number of rotatable bonds is 9. The molecule has 0 aliphatic heterocycles. The molecule has 0 radical (unpaired) electrons. The van der Waals surface area contributed by atoms with Crippen molar-refractivity contribution >= 4 is 93.2 Å². The smallest absolute Gasteiger partial charge is 0.347 e. The van der Waals surface area contributed by atoms with E-state index in [2.05, 4.69) is 28.4 Å². The predicted octanol–water partition coefficient (Wildman–Crippen LogP) is 2.71. The van der Waals surface area contributed by atoms with Crippen molar-refractivity contribution in [2.24, 2.45) is 0 Å². The number of benzene rings is 2. The van der Waals surface area contributed by atoms with Crippen molar-refractivity contribution in [1.29, 1.82) is 0 Å². The van der Waals surface area contributed by atoms with Gasteiger partial charge in [0.2, 0.25) is 0 Å². The number of hydrogen-bond donors (Lipinski definition) is 0. The molecule has 0 unspecified atom stereocenters. The summed E-state index contributed by atoms with van der Waals surface area (Å²) in [7, 11) is 0.921. The Kier molecular flexibility index (Phi) is 14.0. The van der Waals surface area contributed by atoms with E-state index in [1.165, 1.54) is 0 Å². The Morgan fingerprint density at radius 2 is 0.560 bits per heavy atom. The van der Waals surface area contributed by atoms with Crippen LogP contribution in [0.3, 0.4) is 0 Å². The van der Waals surface area contributed by atoms with E-state index in [1.807, 2.05) is 0 Å². The molecular weight excluding hydrogens is 712 g/mol. The van der Waals surface area contributed by atoms with Gasteiger partial charge in [-0.3, -0.25) is 28.8 Å². The van der Waals surface area contributed by atoms with E-state index in [1.54, 1.807) is 0 Å². The van der Waals surface area contributed by atoms with E-state index in [4.69, 9.17) is 0 Å². The van der Waals surface area contributed by atoms with Crippen LogP contribution in [-0.2, 0) is 57.2 Å². The molecule has 0 saturated carbocycles. The third-order valence-corrected chi connectivity index (χ3v) is 7.68. The second-order valence-electron chi connectivity index (χ2n) is 9.18. The molecule has 50 heavy (non-hydrogen) atoms. The van der Waals surface area contributed by atoms with Gasteiger partial charge in [0.15, 0.2) is 0 Å². The zero-order valence-electron chi connectivity index (χ0n) is 26.5. The molecule has 262 valence electrons. The van der Waals surface area contributed by atoms with Crippen LogP contribution in [0.25, 0.3) is 0 Å². The SMILES string of the molecule is CC(=O)OC(=O)c1ccc(SSc2ccc(C(=O)OC(C)=O)c(C(=O)OC(C)=O)c2C(=O)OC(C)=O)c(C(=O)OC(C)=O)c1C(=O)OC(C)=O. The van der Waals surface area contributed by atoms with Gasteiger partial charge in [-0.25, -0.2) is 28.8 Å². The lowest BCUT2D eigenvalue weighted by Crippen LogP contribution is -2.23. The molecule has 0 heterocycles. The number of esters is 12. The molecule has 2 rings (SSSR count). The van der Waals surface area contributed by atoms with Gasteiger partial charge < -0.3 is 28.4 Å². The van der Waals surface area contributed by atoms with Gasteiger partial charge in [0.05, 0.1) is 33.4 Å². The van der Waals surface area contributed by atoms with Crippen LogP contribution in [0.4, 0.5) is 0 Å². The van der Waals surface area contributed by atoms with E-state index in [0.717, 1.165) is 65.8 Å². The minimum atomic E-state index is -1.62. The largest absolute Gasteiger partial charge is 0.390 e. The molecule has 18 nitrogen and oxygen atoms in total. The van der Waals surface area contributed by atoms with Crippen molar-refractivity contribution in [3.05, 3.63) is 57.6 Å². The summed E-state index contributed by atoms with van der Waals surface area (Å²) < 4.78 is 27.3. The first-order valence-corrected chi connectivity index (χ1v) is 15.4. The Balaban J connectivity index is 2.95. The van der Waals surface area contributed by atoms with E-state index >= 15 is 0 Å². The van der Waals surface area contributed by atoms with Crippen LogP contribution in [0.2, 0.25) is 0 Å². The number of carbonyl (C=O) groups is 12. The van der Waals surface area contributed by atoms with Crippen LogP contribution in [0.1, 0.15) is 104 Å². The summed E-state index contributed by atoms with van der Waals surface area (Å²) in [5.41, 5.74) is -5.32. The summed E-state index contributed by atoms with van der Waals surface area (Å²) in [6.07, 6.45) is 0. The standard InChI is InChI=1S/C30H22O18S2/c1-11(31)43-25(37)17-7-9-19(23(29(41)47-15(5)35)21(17)27(39)45-13(3)33)49-50-20-10-8-18(26(38)44-12(2)32)22(28(40)46-14(4)34)24(20)30(42)48-16(6)36/h7-10H,1-6H3. The highest BCUT2D eigenvalue weighted by atomic mass is 33.1. The fourth-order valence-corrected chi connectivity index (χ4v) is 6.00. The van der Waals surface area contributed by atoms with Gasteiger partial charge in [-0.05, 0) is 24.3 Å². The summed E-state index contributed by atoms with van der Waals surface area (Å²) in [4.78, 5) is 147. The quantitative estimate of drug-likeness (QED) is 0.155. The third-order valence-electron chi connectivity index (χ3n) is 5.23. The molecule has 0 fully saturated rings. The van der Waals surface area contributed by atoms with Gasteiger partial charge in [-0.15, -0.1) is 0 Å². The van der Waals surface area contributed by atoms with E-state index < -0.39 is 105 Å². The highest BCUT2D eigenvalue weighted by Crippen LogP contribution is 2.44. The van der Waals surface area contributed by atoms with Gasteiger partial charge in [-0.1, -0.05) is 21.6 Å². The van der Waals surface area contributed by atoms with E-state index in [0.29, 0.717) is 21.6 Å². The topological polar surface area (TPSA) is 260 Å². The first-order valence-electron chi connectivity index (χ1n) is 13.3. The van der Waals surface area contributed by atoms with E-state index in [-0.39, 0.29) is 9.79 Å². The first kappa shape index (κ1) is 40.2. The van der Waals surface area contributed by atoms with Crippen molar-refractivity contribution < 1.29 is 86.0 Å². The average molecular weight is 735 g/mol. The van der Waals surface area contributed by atoms with Crippen molar-refractivity contribution in [2.45, 2.75) is 51.3 Å². The van der Waals surface area contributed by atoms with Gasteiger partial charge in [0, 0.05) is 51.3 Å². The van der Waals surface area contributed by atoms with Crippen molar-refractivity contribution in [3.63, 3.8) is 0 Å². The highest BCUT2D eigenvalue weighted by molar-refractivity contribution is 8.76. The highest BCUT2D eigenvalue weighted by Gasteiger charge is 2.35. The average Bonchev–Trinajstić information content (AvgIpc) is 2.96. The lowest BCUT2D eigenvalue weighted by Gasteiger charge is -2.17. The molecule has 0 atom stereocenters. The second kappa shape index (κ2) is 17.4. The lowest BCUT2D eigenvalue weighted by molar-refractivity contribution is -0.136. The minimum Gasteiger partial charge on any atom is -0.390 e. The molecule has 2 aromatic rings. The predicted molar refractivity (Wildman–Crippen MR) is 161 cm³/mol. The fraction of sp³-hybridized carbons (Fsp3) is 0.200. The molecule has 0 spiro atoms. The van der Waals surface area contributed by atoms with Gasteiger partial charge in [0.1, 0.15) is 0 Å². The third kappa shape index (κ3) is 10.8. The zero-order valence-corrected chi connectivity index (χ0v) is 28.1. The van der Waals surface area contributed by atoms with Crippen molar-refractivity contribution in [3.8, 4) is 0 Å². The van der Waals surface area contributed by atoms with E-state index in [9.17, 15) is 57.5 Å². The second-order valence-corrected chi connectivity index (χ2v) is 11.4. The van der Waals surface area contributed by atoms with Crippen LogP contribution in [0.15, 0.2) is 34.1 Å². The maximum atomic E-state index is 13.2. The Bertz CT molecular complexity index is 1750. The van der Waals surface area contributed by atoms with Crippen LogP contribution < -0.4 is 0 Å². The Morgan fingerprint density at radius 3 is 0.800 bits per heavy atom. The maximum Gasteiger partial charge on any atom is 0.347 e. The van der Waals surface area contributed by atoms with Crippen LogP contribution >= 0.6 is 21.6 Å². The zero-order chi connectivity index (χ0) is 38.0. The molecule has 0 saturated heterocycles. The summed E-state index contributed by atoms with van der Waals surface area (Å²) >= 11 is 0. The molecule has 20 heteroatoms. The van der Waals surface area contributed by atoms with Crippen molar-refractivity contribution in [1.82, 2.24) is 0 Å². The number of carbonyl (C=O) groups excluding carboxylic acids is 12. The number of ether oxygens (including phenoxy) is 6. The summed E-state index contributed by atoms with van der Waals surface area (Å²) in [6.45, 7) is 4.93. The molecule has 0 amide bonds. The molecule has 2 aromatic carbocycles. The van der Waals surface area contributed by atoms with Crippen LogP contribution in [0.5, 0.6) is 0 Å². The fourth-order valence-electron chi connectivity index (χ4n) is 3.66. The molecule has 0 aromatic heterocycles. The molecule has 0 N–H and O–H groups in total. The maximum absolute atomic E-state index is 13.2. The summed E-state index contributed by atoms with van der Waals surface area (Å²) in [5, 5.41) is 0. The lowest BCUT2D eigenvalue weighted by atomic mass is 10.0. The van der Waals surface area contributed by atoms with Crippen LogP contribution in [0, 0.1) is 0 Å². The summed E-state index contributed by atoms with van der Waals surface area (Å²) in [5.74, 6) is -16.4. The first-order chi connectivity index (χ1) is 23.2. The number of hydrogen-bond acceptors (Lipinski definition) is 20. The molecule has 0 aliphatic rings. The Hall–Kier alpha value is -6.02. The molecule has 0 bridgehead atoms. The minimum absolute atomic E-state index is 0.352.